The number of para-hydroxylation sites is 1. The monoisotopic (exact) mass is 416 g/mol. The number of carbonyl (C=O) groups is 1. The van der Waals surface area contributed by atoms with Gasteiger partial charge in [0.15, 0.2) is 6.54 Å². The van der Waals surface area contributed by atoms with Gasteiger partial charge in [-0.2, -0.15) is 10.4 Å². The molecule has 160 valence electrons. The molecule has 0 saturated heterocycles. The molecule has 2 atom stereocenters. The van der Waals surface area contributed by atoms with E-state index < -0.39 is 5.54 Å². The fraction of sp³-hybridized carbons (Fsp3) is 0.320. The van der Waals surface area contributed by atoms with Crippen LogP contribution in [0.2, 0.25) is 0 Å². The van der Waals surface area contributed by atoms with E-state index in [4.69, 9.17) is 5.10 Å². The molecule has 0 aliphatic rings. The molecule has 0 radical (unpaired) electrons. The number of likely N-dealkylation sites (N-methyl/N-ethyl adjacent to an activating group) is 1. The second-order valence-electron chi connectivity index (χ2n) is 8.48. The molecule has 0 aliphatic carbocycles. The first-order valence-corrected chi connectivity index (χ1v) is 10.6. The lowest BCUT2D eigenvalue weighted by Gasteiger charge is -2.27. The van der Waals surface area contributed by atoms with Crippen molar-refractivity contribution in [3.8, 4) is 23.0 Å². The van der Waals surface area contributed by atoms with Crippen molar-refractivity contribution in [2.45, 2.75) is 32.9 Å². The molecule has 2 N–H and O–H groups in total. The van der Waals surface area contributed by atoms with Gasteiger partial charge >= 0.3 is 0 Å². The largest absolute Gasteiger partial charge is 0.333 e. The highest BCUT2D eigenvalue weighted by Crippen LogP contribution is 2.23. The van der Waals surface area contributed by atoms with Crippen molar-refractivity contribution in [1.82, 2.24) is 15.1 Å². The molecular weight excluding hydrogens is 386 g/mol. The number of hydrogen-bond donors (Lipinski definition) is 2. The van der Waals surface area contributed by atoms with Gasteiger partial charge in [-0.15, -0.1) is 0 Å². The number of aromatic nitrogens is 2. The highest BCUT2D eigenvalue weighted by atomic mass is 16.2. The third-order valence-electron chi connectivity index (χ3n) is 5.60. The van der Waals surface area contributed by atoms with Gasteiger partial charge in [-0.25, -0.2) is 4.68 Å². The Morgan fingerprint density at radius 1 is 1.16 bits per heavy atom. The predicted molar refractivity (Wildman–Crippen MR) is 121 cm³/mol. The van der Waals surface area contributed by atoms with E-state index in [1.807, 2.05) is 92.4 Å². The quantitative estimate of drug-likeness (QED) is 0.593. The molecule has 31 heavy (non-hydrogen) atoms. The van der Waals surface area contributed by atoms with Crippen molar-refractivity contribution in [3.63, 3.8) is 0 Å². The van der Waals surface area contributed by atoms with Crippen LogP contribution in [0.25, 0.3) is 16.9 Å². The summed E-state index contributed by atoms with van der Waals surface area (Å²) in [6, 6.07) is 22.3. The first kappa shape index (κ1) is 22.3. The maximum Gasteiger partial charge on any atom is 0.276 e. The van der Waals surface area contributed by atoms with Crippen molar-refractivity contribution < 1.29 is 9.69 Å². The highest BCUT2D eigenvalue weighted by molar-refractivity contribution is 5.78. The number of hydrogen-bond acceptors (Lipinski definition) is 3. The summed E-state index contributed by atoms with van der Waals surface area (Å²) in [5.74, 6) is -0.109. The highest BCUT2D eigenvalue weighted by Gasteiger charge is 2.31. The number of carbonyl (C=O) groups excluding carboxylic acids is 1. The van der Waals surface area contributed by atoms with Gasteiger partial charge in [-0.1, -0.05) is 62.4 Å². The number of nitriles is 1. The summed E-state index contributed by atoms with van der Waals surface area (Å²) in [4.78, 5) is 13.6. The van der Waals surface area contributed by atoms with Crippen LogP contribution in [0, 0.1) is 17.2 Å². The Morgan fingerprint density at radius 2 is 1.77 bits per heavy atom. The van der Waals surface area contributed by atoms with Crippen LogP contribution in [0.3, 0.4) is 0 Å². The number of nitrogens with zero attached hydrogens (tertiary/aromatic N) is 3. The molecule has 2 aromatic carbocycles. The maximum atomic E-state index is 12.6. The Bertz CT molecular complexity index is 1050. The molecule has 0 bridgehead atoms. The van der Waals surface area contributed by atoms with Gasteiger partial charge in [-0.3, -0.25) is 4.79 Å². The second-order valence-corrected chi connectivity index (χ2v) is 8.48. The number of amides is 1. The molecular formula is C25H30N5O+. The molecule has 1 aromatic heterocycles. The van der Waals surface area contributed by atoms with E-state index in [1.54, 1.807) is 6.92 Å². The van der Waals surface area contributed by atoms with Crippen LogP contribution >= 0.6 is 0 Å². The molecule has 6 nitrogen and oxygen atoms in total. The van der Waals surface area contributed by atoms with Crippen molar-refractivity contribution in [3.05, 3.63) is 72.4 Å². The molecule has 6 heteroatoms. The SMILES string of the molecule is CC(C)[C@](C)(C#N)NC(=O)C[NH+](C)Cc1cn(-c2ccccc2)nc1-c1ccccc1. The van der Waals surface area contributed by atoms with Crippen LogP contribution in [0.4, 0.5) is 0 Å². The van der Waals surface area contributed by atoms with E-state index in [0.717, 1.165) is 27.4 Å². The summed E-state index contributed by atoms with van der Waals surface area (Å²) in [7, 11) is 1.98. The zero-order valence-corrected chi connectivity index (χ0v) is 18.6. The van der Waals surface area contributed by atoms with Crippen LogP contribution in [0.1, 0.15) is 26.3 Å². The molecule has 0 saturated carbocycles. The number of quaternary nitrogens is 1. The normalized spacial score (nSPS) is 13.9. The zero-order valence-electron chi connectivity index (χ0n) is 18.6. The average Bonchev–Trinajstić information content (AvgIpc) is 3.18. The lowest BCUT2D eigenvalue weighted by atomic mass is 9.90. The van der Waals surface area contributed by atoms with Gasteiger partial charge < -0.3 is 10.2 Å². The minimum absolute atomic E-state index is 0.0237. The van der Waals surface area contributed by atoms with Crippen molar-refractivity contribution in [2.75, 3.05) is 13.6 Å². The fourth-order valence-electron chi connectivity index (χ4n) is 3.39. The Hall–Kier alpha value is -3.43. The Balaban J connectivity index is 1.81. The summed E-state index contributed by atoms with van der Waals surface area (Å²) < 4.78 is 1.89. The minimum Gasteiger partial charge on any atom is -0.333 e. The first-order chi connectivity index (χ1) is 14.8. The van der Waals surface area contributed by atoms with Crippen LogP contribution in [0.15, 0.2) is 66.9 Å². The lowest BCUT2D eigenvalue weighted by Crippen LogP contribution is -3.09. The van der Waals surface area contributed by atoms with E-state index >= 15 is 0 Å². The zero-order chi connectivity index (χ0) is 22.4. The number of benzene rings is 2. The third-order valence-corrected chi connectivity index (χ3v) is 5.60. The van der Waals surface area contributed by atoms with Crippen molar-refractivity contribution >= 4 is 5.91 Å². The molecule has 0 aliphatic heterocycles. The Morgan fingerprint density at radius 3 is 2.35 bits per heavy atom. The van der Waals surface area contributed by atoms with Gasteiger partial charge in [0.05, 0.1) is 24.4 Å². The molecule has 3 aromatic rings. The summed E-state index contributed by atoms with van der Waals surface area (Å²) in [5, 5.41) is 17.2. The van der Waals surface area contributed by atoms with E-state index in [0.29, 0.717) is 6.54 Å². The topological polar surface area (TPSA) is 75.2 Å². The van der Waals surface area contributed by atoms with Crippen LogP contribution in [0.5, 0.6) is 0 Å². The summed E-state index contributed by atoms with van der Waals surface area (Å²) >= 11 is 0. The fourth-order valence-corrected chi connectivity index (χ4v) is 3.39. The molecule has 1 heterocycles. The first-order valence-electron chi connectivity index (χ1n) is 10.6. The minimum atomic E-state index is -0.870. The molecule has 0 spiro atoms. The van der Waals surface area contributed by atoms with E-state index in [2.05, 4.69) is 11.4 Å². The summed E-state index contributed by atoms with van der Waals surface area (Å²) in [5.41, 5.74) is 3.13. The van der Waals surface area contributed by atoms with Gasteiger partial charge in [-0.05, 0) is 25.0 Å². The smallest absolute Gasteiger partial charge is 0.276 e. The maximum absolute atomic E-state index is 12.6. The van der Waals surface area contributed by atoms with Crippen molar-refractivity contribution in [2.24, 2.45) is 5.92 Å². The number of nitrogens with one attached hydrogen (secondary N) is 2. The standard InChI is InChI=1S/C25H29N5O/c1-19(2)25(3,18-26)27-23(31)17-29(4)15-21-16-30(22-13-9-6-10-14-22)28-24(21)20-11-7-5-8-12-20/h5-14,16,19H,15,17H2,1-4H3,(H,27,31)/p+1/t25-/m0/s1. The van der Waals surface area contributed by atoms with Gasteiger partial charge in [0, 0.05) is 11.8 Å². The van der Waals surface area contributed by atoms with E-state index in [9.17, 15) is 10.1 Å². The Labute approximate surface area is 184 Å². The molecule has 3 rings (SSSR count). The molecule has 1 amide bonds. The van der Waals surface area contributed by atoms with Gasteiger partial charge in [0.25, 0.3) is 5.91 Å². The average molecular weight is 417 g/mol. The van der Waals surface area contributed by atoms with Crippen LogP contribution < -0.4 is 10.2 Å². The second kappa shape index (κ2) is 9.59. The Kier molecular flexibility index (Phi) is 6.88. The van der Waals surface area contributed by atoms with E-state index in [-0.39, 0.29) is 18.4 Å². The predicted octanol–water partition coefficient (Wildman–Crippen LogP) is 2.61. The summed E-state index contributed by atoms with van der Waals surface area (Å²) in [6.07, 6.45) is 2.03. The third kappa shape index (κ3) is 5.39. The van der Waals surface area contributed by atoms with E-state index in [1.165, 1.54) is 0 Å². The van der Waals surface area contributed by atoms with Gasteiger partial charge in [0.2, 0.25) is 0 Å². The van der Waals surface area contributed by atoms with Crippen LogP contribution in [-0.2, 0) is 11.3 Å². The molecule has 1 unspecified atom stereocenters. The lowest BCUT2D eigenvalue weighted by molar-refractivity contribution is -0.885. The number of rotatable bonds is 8. The summed E-state index contributed by atoms with van der Waals surface area (Å²) in [6.45, 7) is 6.54. The van der Waals surface area contributed by atoms with Crippen molar-refractivity contribution in [1.29, 1.82) is 5.26 Å². The van der Waals surface area contributed by atoms with Crippen LogP contribution in [-0.4, -0.2) is 34.8 Å². The van der Waals surface area contributed by atoms with Gasteiger partial charge in [0.1, 0.15) is 17.8 Å². The molecule has 0 fully saturated rings.